The summed E-state index contributed by atoms with van der Waals surface area (Å²) in [6.07, 6.45) is 28.3. The number of unbranched alkanes of at least 4 members (excludes halogenated alkanes) is 7. The number of carboxylic acid groups (broad SMARTS) is 3. The number of rotatable bonds is 19. The molecule has 0 aromatic heterocycles. The molecule has 310 valence electrons. The van der Waals surface area contributed by atoms with Gasteiger partial charge in [0.25, 0.3) is 0 Å². The molecule has 0 amide bonds. The third kappa shape index (κ3) is 17.8. The van der Waals surface area contributed by atoms with Crippen molar-refractivity contribution >= 4 is 23.9 Å². The summed E-state index contributed by atoms with van der Waals surface area (Å²) in [6.45, 7) is 8.95. The zero-order valence-electron chi connectivity index (χ0n) is 33.8. The van der Waals surface area contributed by atoms with Crippen LogP contribution in [-0.4, -0.2) is 65.4 Å². The van der Waals surface area contributed by atoms with Gasteiger partial charge < -0.3 is 37.3 Å². The number of hydrogen-bond donors (Lipinski definition) is 6. The second-order valence-electron chi connectivity index (χ2n) is 16.6. The molecule has 4 rings (SSSR count). The third-order valence-electron chi connectivity index (χ3n) is 13.0. The lowest BCUT2D eigenvalue weighted by molar-refractivity contribution is -0.144. The van der Waals surface area contributed by atoms with Crippen molar-refractivity contribution in [3.05, 3.63) is 0 Å². The number of aliphatic carboxylic acids is 3. The molecule has 0 heterocycles. The first-order valence-electron chi connectivity index (χ1n) is 21.2. The van der Waals surface area contributed by atoms with Crippen molar-refractivity contribution in [1.82, 2.24) is 0 Å². The van der Waals surface area contributed by atoms with E-state index in [4.69, 9.17) is 37.3 Å². The molecule has 0 spiro atoms. The van der Waals surface area contributed by atoms with Crippen LogP contribution in [0.3, 0.4) is 0 Å². The van der Waals surface area contributed by atoms with Crippen LogP contribution in [0, 0.1) is 40.4 Å². The van der Waals surface area contributed by atoms with E-state index in [2.05, 4.69) is 20.8 Å². The number of carbonyl (C=O) groups is 4. The predicted octanol–water partition coefficient (Wildman–Crippen LogP) is 8.15. The Balaban J connectivity index is 0.000000644. The van der Waals surface area contributed by atoms with Gasteiger partial charge >= 0.3 is 23.9 Å². The van der Waals surface area contributed by atoms with E-state index < -0.39 is 17.9 Å². The summed E-state index contributed by atoms with van der Waals surface area (Å²) in [4.78, 5) is 40.9. The van der Waals surface area contributed by atoms with Crippen LogP contribution >= 0.6 is 0 Å². The molecule has 0 saturated heterocycles. The maximum Gasteiger partial charge on any atom is 0.305 e. The molecule has 11 nitrogen and oxygen atoms in total. The Hall–Kier alpha value is -2.24. The normalized spacial score (nSPS) is 28.2. The highest BCUT2D eigenvalue weighted by molar-refractivity contribution is 5.69. The fourth-order valence-electron chi connectivity index (χ4n) is 10.2. The molecule has 0 aromatic carbocycles. The number of carboxylic acids is 3. The van der Waals surface area contributed by atoms with Gasteiger partial charge in [-0.1, -0.05) is 78.6 Å². The van der Waals surface area contributed by atoms with Crippen LogP contribution in [0.4, 0.5) is 0 Å². The van der Waals surface area contributed by atoms with Gasteiger partial charge in [0.15, 0.2) is 0 Å². The second kappa shape index (κ2) is 27.4. The average molecular weight is 754 g/mol. The lowest BCUT2D eigenvalue weighted by Crippen LogP contribution is -2.52. The first-order chi connectivity index (χ1) is 25.3. The van der Waals surface area contributed by atoms with Crippen LogP contribution in [0.5, 0.6) is 0 Å². The summed E-state index contributed by atoms with van der Waals surface area (Å²) in [7, 11) is 0. The maximum atomic E-state index is 12.3. The van der Waals surface area contributed by atoms with Crippen LogP contribution < -0.4 is 17.2 Å². The smallest absolute Gasteiger partial charge is 0.305 e. The SMILES string of the molecule is CCCCCCCCCCOC(=O)CCCC1CCC2C3CCC4CCCCC4(C)C3CCC12C.NCCC(=O)O.NCCC(=O)O.NCCC(=O)O. The van der Waals surface area contributed by atoms with E-state index in [-0.39, 0.29) is 44.9 Å². The van der Waals surface area contributed by atoms with Crippen molar-refractivity contribution in [2.24, 2.45) is 57.6 Å². The van der Waals surface area contributed by atoms with E-state index in [0.717, 1.165) is 42.4 Å². The van der Waals surface area contributed by atoms with Crippen molar-refractivity contribution in [3.63, 3.8) is 0 Å². The van der Waals surface area contributed by atoms with Crippen LogP contribution in [0.2, 0.25) is 0 Å². The molecular weight excluding hydrogens is 674 g/mol. The summed E-state index contributed by atoms with van der Waals surface area (Å²) >= 11 is 0. The van der Waals surface area contributed by atoms with Crippen molar-refractivity contribution in [1.29, 1.82) is 0 Å². The van der Waals surface area contributed by atoms with Gasteiger partial charge in [0.1, 0.15) is 0 Å². The van der Waals surface area contributed by atoms with E-state index in [1.54, 1.807) is 0 Å². The minimum absolute atomic E-state index is 0.0555. The van der Waals surface area contributed by atoms with Crippen LogP contribution in [0.1, 0.15) is 175 Å². The minimum atomic E-state index is -0.836. The molecule has 9 N–H and O–H groups in total. The molecule has 4 saturated carbocycles. The van der Waals surface area contributed by atoms with Gasteiger partial charge in [-0.05, 0) is 111 Å². The Morgan fingerprint density at radius 1 is 0.604 bits per heavy atom. The van der Waals surface area contributed by atoms with Gasteiger partial charge in [-0.3, -0.25) is 19.2 Å². The number of esters is 1. The molecular formula is C42H79N3O8. The van der Waals surface area contributed by atoms with Crippen LogP contribution in [0.25, 0.3) is 0 Å². The second-order valence-corrected chi connectivity index (χ2v) is 16.6. The fraction of sp³-hybridized carbons (Fsp3) is 0.905. The minimum Gasteiger partial charge on any atom is -0.481 e. The van der Waals surface area contributed by atoms with Crippen molar-refractivity contribution < 1.29 is 39.2 Å². The fourth-order valence-corrected chi connectivity index (χ4v) is 10.2. The highest BCUT2D eigenvalue weighted by Crippen LogP contribution is 2.67. The van der Waals surface area contributed by atoms with E-state index in [0.29, 0.717) is 23.9 Å². The van der Waals surface area contributed by atoms with Crippen LogP contribution in [-0.2, 0) is 23.9 Å². The Morgan fingerprint density at radius 3 is 1.68 bits per heavy atom. The molecule has 7 atom stereocenters. The summed E-state index contributed by atoms with van der Waals surface area (Å²) in [5, 5.41) is 23.5. The highest BCUT2D eigenvalue weighted by Gasteiger charge is 2.59. The Morgan fingerprint density at radius 2 is 1.15 bits per heavy atom. The van der Waals surface area contributed by atoms with Crippen molar-refractivity contribution in [2.75, 3.05) is 26.2 Å². The van der Waals surface area contributed by atoms with Crippen molar-refractivity contribution in [2.45, 2.75) is 175 Å². The van der Waals surface area contributed by atoms with Gasteiger partial charge in [0.05, 0.1) is 25.9 Å². The van der Waals surface area contributed by atoms with Gasteiger partial charge in [0, 0.05) is 26.1 Å². The average Bonchev–Trinajstić information content (AvgIpc) is 3.44. The molecule has 4 aliphatic rings. The Kier molecular flexibility index (Phi) is 25.2. The molecule has 53 heavy (non-hydrogen) atoms. The highest BCUT2D eigenvalue weighted by atomic mass is 16.5. The monoisotopic (exact) mass is 754 g/mol. The van der Waals surface area contributed by atoms with Gasteiger partial charge in [-0.2, -0.15) is 0 Å². The van der Waals surface area contributed by atoms with E-state index in [1.807, 2.05) is 0 Å². The number of nitrogens with two attached hydrogens (primary N) is 3. The number of fused-ring (bicyclic) bond motifs is 5. The molecule has 4 aliphatic carbocycles. The number of carbonyl (C=O) groups excluding carboxylic acids is 1. The topological polar surface area (TPSA) is 216 Å². The lowest BCUT2D eigenvalue weighted by atomic mass is 9.45. The van der Waals surface area contributed by atoms with Crippen LogP contribution in [0.15, 0.2) is 0 Å². The molecule has 0 aliphatic heterocycles. The molecule has 0 aromatic rings. The quantitative estimate of drug-likeness (QED) is 0.0546. The molecule has 7 unspecified atom stereocenters. The Bertz CT molecular complexity index is 1010. The largest absolute Gasteiger partial charge is 0.481 e. The number of hydrogen-bond acceptors (Lipinski definition) is 8. The van der Waals surface area contributed by atoms with E-state index >= 15 is 0 Å². The first-order valence-corrected chi connectivity index (χ1v) is 21.2. The standard InChI is InChI=1S/C33H58O2.3C3H7NO2/c1-4-5-6-7-8-9-10-13-25-35-31(34)17-14-16-27-19-21-29-28-20-18-26-15-11-12-23-32(26,2)30(28)22-24-33(27,29)3;3*4-2-1-3(5)6/h26-30H,4-25H2,1-3H3;3*1-2,4H2,(H,5,6). The first kappa shape index (κ1) is 48.8. The van der Waals surface area contributed by atoms with Crippen molar-refractivity contribution in [3.8, 4) is 0 Å². The molecule has 0 radical (unpaired) electrons. The van der Waals surface area contributed by atoms with Gasteiger partial charge in [-0.25, -0.2) is 0 Å². The summed E-state index contributed by atoms with van der Waals surface area (Å²) in [5.74, 6) is 2.37. The summed E-state index contributed by atoms with van der Waals surface area (Å²) in [6, 6.07) is 0. The predicted molar refractivity (Wildman–Crippen MR) is 211 cm³/mol. The maximum absolute atomic E-state index is 12.3. The zero-order valence-corrected chi connectivity index (χ0v) is 33.8. The zero-order chi connectivity index (χ0) is 39.7. The molecule has 0 bridgehead atoms. The van der Waals surface area contributed by atoms with E-state index in [1.165, 1.54) is 116 Å². The summed E-state index contributed by atoms with van der Waals surface area (Å²) < 4.78 is 5.58. The van der Waals surface area contributed by atoms with Gasteiger partial charge in [0.2, 0.25) is 0 Å². The number of ether oxygens (including phenoxy) is 1. The lowest BCUT2D eigenvalue weighted by Gasteiger charge is -2.60. The third-order valence-corrected chi connectivity index (χ3v) is 13.0. The van der Waals surface area contributed by atoms with Gasteiger partial charge in [-0.15, -0.1) is 0 Å². The summed E-state index contributed by atoms with van der Waals surface area (Å²) in [5.41, 5.74) is 15.7. The molecule has 4 fully saturated rings. The van der Waals surface area contributed by atoms with E-state index in [9.17, 15) is 19.2 Å². The Labute approximate surface area is 321 Å². The molecule has 11 heteroatoms.